The van der Waals surface area contributed by atoms with E-state index in [1.54, 1.807) is 6.08 Å². The number of piperazine rings is 1. The summed E-state index contributed by atoms with van der Waals surface area (Å²) >= 11 is 0. The summed E-state index contributed by atoms with van der Waals surface area (Å²) in [5, 5.41) is 9.50. The van der Waals surface area contributed by atoms with Crippen molar-refractivity contribution in [2.75, 3.05) is 26.2 Å². The van der Waals surface area contributed by atoms with E-state index in [0.29, 0.717) is 44.5 Å². The van der Waals surface area contributed by atoms with Gasteiger partial charge in [0.05, 0.1) is 6.54 Å². The van der Waals surface area contributed by atoms with Gasteiger partial charge in [-0.3, -0.25) is 4.90 Å². The average Bonchev–Trinajstić information content (AvgIpc) is 3.23. The van der Waals surface area contributed by atoms with E-state index >= 15 is 0 Å². The largest absolute Gasteiger partial charge is 0.419 e. The van der Waals surface area contributed by atoms with Gasteiger partial charge in [0.25, 0.3) is 0 Å². The second kappa shape index (κ2) is 8.69. The van der Waals surface area contributed by atoms with E-state index in [1.165, 1.54) is 9.71 Å². The summed E-state index contributed by atoms with van der Waals surface area (Å²) < 4.78 is 32.4. The molecule has 8 heteroatoms. The van der Waals surface area contributed by atoms with Crippen LogP contribution in [0.1, 0.15) is 11.5 Å². The Labute approximate surface area is 170 Å². The normalized spacial score (nSPS) is 16.4. The molecule has 1 aromatic heterocycles. The Balaban J connectivity index is 1.33. The van der Waals surface area contributed by atoms with Crippen LogP contribution in [0.25, 0.3) is 17.5 Å². The molecule has 1 aliphatic rings. The second-order valence-electron chi connectivity index (χ2n) is 6.80. The van der Waals surface area contributed by atoms with E-state index in [9.17, 15) is 8.42 Å². The van der Waals surface area contributed by atoms with Crippen LogP contribution in [0.3, 0.4) is 0 Å². The third-order valence-corrected chi connectivity index (χ3v) is 6.33. The zero-order valence-corrected chi connectivity index (χ0v) is 16.7. The van der Waals surface area contributed by atoms with Crippen LogP contribution < -0.4 is 0 Å². The van der Waals surface area contributed by atoms with E-state index in [4.69, 9.17) is 4.42 Å². The number of rotatable bonds is 6. The first-order valence-corrected chi connectivity index (χ1v) is 10.9. The standard InChI is InChI=1S/C21H22N4O3S/c26-29(27,16-11-18-7-3-1-4-8-18)25-14-12-24(13-15-25)17-20-22-23-21(28-20)19-9-5-2-6-10-19/h1-11,16H,12-15,17H2/b16-11+. The number of nitrogens with zero attached hydrogens (tertiary/aromatic N) is 4. The predicted octanol–water partition coefficient (Wildman–Crippen LogP) is 2.85. The van der Waals surface area contributed by atoms with Crippen molar-refractivity contribution in [2.24, 2.45) is 0 Å². The molecule has 2 aromatic carbocycles. The van der Waals surface area contributed by atoms with Gasteiger partial charge in [0, 0.05) is 37.2 Å². The molecule has 0 spiro atoms. The molecule has 29 heavy (non-hydrogen) atoms. The molecule has 4 rings (SSSR count). The number of benzene rings is 2. The third kappa shape index (κ3) is 4.97. The summed E-state index contributed by atoms with van der Waals surface area (Å²) in [5.74, 6) is 1.02. The lowest BCUT2D eigenvalue weighted by Crippen LogP contribution is -2.47. The van der Waals surface area contributed by atoms with Crippen molar-refractivity contribution in [1.82, 2.24) is 19.4 Å². The minimum atomic E-state index is -3.44. The summed E-state index contributed by atoms with van der Waals surface area (Å²) in [7, 11) is -3.44. The number of hydrogen-bond acceptors (Lipinski definition) is 6. The Hall–Kier alpha value is -2.81. The summed E-state index contributed by atoms with van der Waals surface area (Å²) in [4.78, 5) is 2.12. The summed E-state index contributed by atoms with van der Waals surface area (Å²) in [5.41, 5.74) is 1.74. The molecule has 0 radical (unpaired) electrons. The van der Waals surface area contributed by atoms with E-state index in [2.05, 4.69) is 15.1 Å². The Morgan fingerprint density at radius 1 is 0.897 bits per heavy atom. The van der Waals surface area contributed by atoms with Crippen molar-refractivity contribution in [3.8, 4) is 11.5 Å². The Morgan fingerprint density at radius 3 is 2.24 bits per heavy atom. The second-order valence-corrected chi connectivity index (χ2v) is 8.62. The molecule has 0 saturated carbocycles. The van der Waals surface area contributed by atoms with Gasteiger partial charge >= 0.3 is 0 Å². The van der Waals surface area contributed by atoms with Gasteiger partial charge in [-0.25, -0.2) is 8.42 Å². The zero-order chi connectivity index (χ0) is 20.1. The van der Waals surface area contributed by atoms with E-state index in [1.807, 2.05) is 60.7 Å². The van der Waals surface area contributed by atoms with Gasteiger partial charge in [0.1, 0.15) is 0 Å². The Morgan fingerprint density at radius 2 is 1.55 bits per heavy atom. The molecule has 3 aromatic rings. The molecule has 1 saturated heterocycles. The fraction of sp³-hybridized carbons (Fsp3) is 0.238. The van der Waals surface area contributed by atoms with Gasteiger partial charge < -0.3 is 4.42 Å². The van der Waals surface area contributed by atoms with E-state index < -0.39 is 10.0 Å². The minimum Gasteiger partial charge on any atom is -0.419 e. The lowest BCUT2D eigenvalue weighted by Gasteiger charge is -2.32. The molecule has 1 fully saturated rings. The third-order valence-electron chi connectivity index (χ3n) is 4.77. The van der Waals surface area contributed by atoms with Crippen molar-refractivity contribution in [1.29, 1.82) is 0 Å². The topological polar surface area (TPSA) is 79.5 Å². The molecule has 7 nitrogen and oxygen atoms in total. The van der Waals surface area contributed by atoms with Crippen molar-refractivity contribution < 1.29 is 12.8 Å². The van der Waals surface area contributed by atoms with Crippen LogP contribution in [-0.2, 0) is 16.6 Å². The number of hydrogen-bond donors (Lipinski definition) is 0. The van der Waals surface area contributed by atoms with Crippen LogP contribution in [0.2, 0.25) is 0 Å². The smallest absolute Gasteiger partial charge is 0.247 e. The molecule has 2 heterocycles. The molecule has 0 N–H and O–H groups in total. The first-order chi connectivity index (χ1) is 14.1. The van der Waals surface area contributed by atoms with Crippen LogP contribution in [0.4, 0.5) is 0 Å². The molecule has 0 atom stereocenters. The Kier molecular flexibility index (Phi) is 5.84. The molecule has 150 valence electrons. The van der Waals surface area contributed by atoms with Crippen molar-refractivity contribution in [3.63, 3.8) is 0 Å². The van der Waals surface area contributed by atoms with Gasteiger partial charge in [-0.05, 0) is 23.8 Å². The van der Waals surface area contributed by atoms with Crippen LogP contribution in [0, 0.1) is 0 Å². The predicted molar refractivity (Wildman–Crippen MR) is 111 cm³/mol. The maximum Gasteiger partial charge on any atom is 0.247 e. The number of sulfonamides is 1. The summed E-state index contributed by atoms with van der Waals surface area (Å²) in [6, 6.07) is 19.0. The highest BCUT2D eigenvalue weighted by atomic mass is 32.2. The van der Waals surface area contributed by atoms with Crippen LogP contribution in [-0.4, -0.2) is 54.0 Å². The molecule has 1 aliphatic heterocycles. The molecule has 0 aliphatic carbocycles. The highest BCUT2D eigenvalue weighted by Gasteiger charge is 2.26. The van der Waals surface area contributed by atoms with E-state index in [0.717, 1.165) is 11.1 Å². The Bertz CT molecular complexity index is 1060. The number of aromatic nitrogens is 2. The molecule has 0 amide bonds. The molecule has 0 unspecified atom stereocenters. The van der Waals surface area contributed by atoms with Gasteiger partial charge in [0.15, 0.2) is 0 Å². The maximum absolute atomic E-state index is 12.6. The SMILES string of the molecule is O=S(=O)(/C=C/c1ccccc1)N1CCN(Cc2nnc(-c3ccccc3)o2)CC1. The fourth-order valence-corrected chi connectivity index (χ4v) is 4.34. The average molecular weight is 410 g/mol. The van der Waals surface area contributed by atoms with Crippen molar-refractivity contribution in [3.05, 3.63) is 77.5 Å². The highest BCUT2D eigenvalue weighted by molar-refractivity contribution is 7.92. The van der Waals surface area contributed by atoms with Gasteiger partial charge in [0.2, 0.25) is 21.8 Å². The monoisotopic (exact) mass is 410 g/mol. The van der Waals surface area contributed by atoms with E-state index in [-0.39, 0.29) is 0 Å². The lowest BCUT2D eigenvalue weighted by atomic mass is 10.2. The van der Waals surface area contributed by atoms with Crippen molar-refractivity contribution in [2.45, 2.75) is 6.54 Å². The lowest BCUT2D eigenvalue weighted by molar-refractivity contribution is 0.169. The van der Waals surface area contributed by atoms with Gasteiger partial charge in [-0.2, -0.15) is 4.31 Å². The summed E-state index contributed by atoms with van der Waals surface area (Å²) in [6.07, 6.45) is 1.63. The summed E-state index contributed by atoms with van der Waals surface area (Å²) in [6.45, 7) is 2.60. The quantitative estimate of drug-likeness (QED) is 0.622. The molecule has 0 bridgehead atoms. The first kappa shape index (κ1) is 19.5. The van der Waals surface area contributed by atoms with Gasteiger partial charge in [-0.15, -0.1) is 10.2 Å². The zero-order valence-electron chi connectivity index (χ0n) is 15.9. The van der Waals surface area contributed by atoms with Crippen molar-refractivity contribution >= 4 is 16.1 Å². The van der Waals surface area contributed by atoms with Crippen LogP contribution in [0.5, 0.6) is 0 Å². The highest BCUT2D eigenvalue weighted by Crippen LogP contribution is 2.18. The van der Waals surface area contributed by atoms with Gasteiger partial charge in [-0.1, -0.05) is 48.5 Å². The fourth-order valence-electron chi connectivity index (χ4n) is 3.16. The first-order valence-electron chi connectivity index (χ1n) is 9.44. The molecular formula is C21H22N4O3S. The van der Waals surface area contributed by atoms with Crippen LogP contribution in [0.15, 0.2) is 70.5 Å². The minimum absolute atomic E-state index is 0.432. The maximum atomic E-state index is 12.6. The van der Waals surface area contributed by atoms with Crippen LogP contribution >= 0.6 is 0 Å². The molecular weight excluding hydrogens is 388 g/mol.